The van der Waals surface area contributed by atoms with Gasteiger partial charge in [0.15, 0.2) is 0 Å². The SMILES string of the molecule is CCC1CCCCC1NC(=O)Nc1sccc1C(=O)O. The number of anilines is 1. The number of thiophene rings is 1. The predicted octanol–water partition coefficient (Wildman–Crippen LogP) is 3.54. The second kappa shape index (κ2) is 6.74. The van der Waals surface area contributed by atoms with Crippen LogP contribution in [0, 0.1) is 5.92 Å². The number of carboxylic acids is 1. The number of urea groups is 1. The molecule has 0 aromatic carbocycles. The fourth-order valence-electron chi connectivity index (χ4n) is 2.77. The summed E-state index contributed by atoms with van der Waals surface area (Å²) >= 11 is 1.22. The van der Waals surface area contributed by atoms with Gasteiger partial charge in [0.05, 0.1) is 5.56 Å². The van der Waals surface area contributed by atoms with Crippen molar-refractivity contribution in [2.75, 3.05) is 5.32 Å². The first kappa shape index (κ1) is 14.8. The molecule has 20 heavy (non-hydrogen) atoms. The van der Waals surface area contributed by atoms with E-state index in [0.29, 0.717) is 10.9 Å². The maximum Gasteiger partial charge on any atom is 0.338 e. The van der Waals surface area contributed by atoms with Crippen LogP contribution < -0.4 is 10.6 Å². The third-order valence-corrected chi connectivity index (χ3v) is 4.70. The van der Waals surface area contributed by atoms with Gasteiger partial charge in [-0.25, -0.2) is 9.59 Å². The van der Waals surface area contributed by atoms with Crippen LogP contribution in [-0.2, 0) is 0 Å². The Labute approximate surface area is 122 Å². The van der Waals surface area contributed by atoms with Gasteiger partial charge in [0.1, 0.15) is 5.00 Å². The van der Waals surface area contributed by atoms with Gasteiger partial charge in [-0.2, -0.15) is 0 Å². The van der Waals surface area contributed by atoms with Crippen LogP contribution in [0.5, 0.6) is 0 Å². The number of carbonyl (C=O) groups is 2. The molecule has 2 unspecified atom stereocenters. The van der Waals surface area contributed by atoms with E-state index in [4.69, 9.17) is 5.11 Å². The lowest BCUT2D eigenvalue weighted by Gasteiger charge is -2.31. The second-order valence-corrected chi connectivity index (χ2v) is 6.04. The summed E-state index contributed by atoms with van der Waals surface area (Å²) in [6.45, 7) is 2.14. The van der Waals surface area contributed by atoms with E-state index < -0.39 is 5.97 Å². The zero-order chi connectivity index (χ0) is 14.5. The van der Waals surface area contributed by atoms with E-state index in [1.165, 1.54) is 23.8 Å². The van der Waals surface area contributed by atoms with E-state index in [1.807, 2.05) is 0 Å². The Morgan fingerprint density at radius 3 is 2.85 bits per heavy atom. The van der Waals surface area contributed by atoms with E-state index in [1.54, 1.807) is 5.38 Å². The van der Waals surface area contributed by atoms with Crippen molar-refractivity contribution in [2.24, 2.45) is 5.92 Å². The monoisotopic (exact) mass is 296 g/mol. The first-order chi connectivity index (χ1) is 9.61. The van der Waals surface area contributed by atoms with Crippen molar-refractivity contribution < 1.29 is 14.7 Å². The number of carboxylic acid groups (broad SMARTS) is 1. The van der Waals surface area contributed by atoms with Crippen LogP contribution >= 0.6 is 11.3 Å². The Morgan fingerprint density at radius 1 is 1.40 bits per heavy atom. The Hall–Kier alpha value is -1.56. The fourth-order valence-corrected chi connectivity index (χ4v) is 3.54. The van der Waals surface area contributed by atoms with E-state index in [2.05, 4.69) is 17.6 Å². The lowest BCUT2D eigenvalue weighted by atomic mass is 9.83. The molecule has 1 saturated carbocycles. The van der Waals surface area contributed by atoms with Gasteiger partial charge in [0.25, 0.3) is 0 Å². The Morgan fingerprint density at radius 2 is 2.15 bits per heavy atom. The lowest BCUT2D eigenvalue weighted by molar-refractivity contribution is 0.0698. The molecule has 0 radical (unpaired) electrons. The van der Waals surface area contributed by atoms with E-state index in [0.717, 1.165) is 25.7 Å². The quantitative estimate of drug-likeness (QED) is 0.795. The zero-order valence-electron chi connectivity index (χ0n) is 11.5. The number of hydrogen-bond donors (Lipinski definition) is 3. The molecule has 110 valence electrons. The van der Waals surface area contributed by atoms with Gasteiger partial charge in [0.2, 0.25) is 0 Å². The molecule has 0 spiro atoms. The van der Waals surface area contributed by atoms with Gasteiger partial charge in [-0.05, 0) is 30.2 Å². The van der Waals surface area contributed by atoms with Crippen molar-refractivity contribution >= 4 is 28.3 Å². The highest BCUT2D eigenvalue weighted by Crippen LogP contribution is 2.27. The highest BCUT2D eigenvalue weighted by atomic mass is 32.1. The lowest BCUT2D eigenvalue weighted by Crippen LogP contribution is -2.43. The highest BCUT2D eigenvalue weighted by molar-refractivity contribution is 7.14. The molecule has 5 nitrogen and oxygen atoms in total. The zero-order valence-corrected chi connectivity index (χ0v) is 12.3. The normalized spacial score (nSPS) is 22.2. The third kappa shape index (κ3) is 3.50. The van der Waals surface area contributed by atoms with Crippen LogP contribution in [0.3, 0.4) is 0 Å². The van der Waals surface area contributed by atoms with E-state index in [9.17, 15) is 9.59 Å². The molecule has 1 aromatic heterocycles. The molecule has 1 aromatic rings. The Bertz CT molecular complexity index is 487. The molecule has 1 fully saturated rings. The van der Waals surface area contributed by atoms with Gasteiger partial charge in [-0.1, -0.05) is 26.2 Å². The van der Waals surface area contributed by atoms with Gasteiger partial charge in [0, 0.05) is 6.04 Å². The first-order valence-corrected chi connectivity index (χ1v) is 7.88. The van der Waals surface area contributed by atoms with Crippen LogP contribution in [0.2, 0.25) is 0 Å². The van der Waals surface area contributed by atoms with Crippen molar-refractivity contribution in [3.05, 3.63) is 17.0 Å². The second-order valence-electron chi connectivity index (χ2n) is 5.13. The third-order valence-electron chi connectivity index (χ3n) is 3.87. The molecular formula is C14H20N2O3S. The summed E-state index contributed by atoms with van der Waals surface area (Å²) in [5, 5.41) is 16.7. The number of hydrogen-bond acceptors (Lipinski definition) is 3. The van der Waals surface area contributed by atoms with Gasteiger partial charge in [-0.15, -0.1) is 11.3 Å². The minimum Gasteiger partial charge on any atom is -0.478 e. The maximum atomic E-state index is 12.0. The molecule has 2 atom stereocenters. The molecule has 2 amide bonds. The number of aromatic carboxylic acids is 1. The minimum absolute atomic E-state index is 0.140. The highest BCUT2D eigenvalue weighted by Gasteiger charge is 2.25. The van der Waals surface area contributed by atoms with E-state index in [-0.39, 0.29) is 17.6 Å². The predicted molar refractivity (Wildman–Crippen MR) is 79.5 cm³/mol. The van der Waals surface area contributed by atoms with Crippen molar-refractivity contribution in [3.63, 3.8) is 0 Å². The molecule has 2 rings (SSSR count). The van der Waals surface area contributed by atoms with Crippen molar-refractivity contribution in [1.82, 2.24) is 5.32 Å². The summed E-state index contributed by atoms with van der Waals surface area (Å²) in [6.07, 6.45) is 5.58. The smallest absolute Gasteiger partial charge is 0.338 e. The summed E-state index contributed by atoms with van der Waals surface area (Å²) in [5.41, 5.74) is 0.140. The molecule has 3 N–H and O–H groups in total. The molecule has 1 heterocycles. The Balaban J connectivity index is 1.94. The summed E-state index contributed by atoms with van der Waals surface area (Å²) < 4.78 is 0. The Kier molecular flexibility index (Phi) is 5.00. The largest absolute Gasteiger partial charge is 0.478 e. The van der Waals surface area contributed by atoms with Gasteiger partial charge < -0.3 is 10.4 Å². The van der Waals surface area contributed by atoms with Crippen molar-refractivity contribution in [2.45, 2.75) is 45.1 Å². The maximum absolute atomic E-state index is 12.0. The van der Waals surface area contributed by atoms with Crippen molar-refractivity contribution in [1.29, 1.82) is 0 Å². The summed E-state index contributed by atoms with van der Waals surface area (Å²) in [6, 6.07) is 1.39. The average Bonchev–Trinajstić information content (AvgIpc) is 2.87. The molecule has 1 aliphatic rings. The van der Waals surface area contributed by atoms with Crippen LogP contribution in [0.15, 0.2) is 11.4 Å². The van der Waals surface area contributed by atoms with Crippen molar-refractivity contribution in [3.8, 4) is 0 Å². The summed E-state index contributed by atoms with van der Waals surface area (Å²) in [5.74, 6) is -0.498. The van der Waals surface area contributed by atoms with Gasteiger partial charge in [-0.3, -0.25) is 5.32 Å². The molecule has 0 saturated heterocycles. The van der Waals surface area contributed by atoms with Crippen LogP contribution in [0.1, 0.15) is 49.4 Å². The topological polar surface area (TPSA) is 78.4 Å². The number of rotatable bonds is 4. The van der Waals surface area contributed by atoms with Crippen LogP contribution in [0.25, 0.3) is 0 Å². The summed E-state index contributed by atoms with van der Waals surface area (Å²) in [7, 11) is 0. The molecular weight excluding hydrogens is 276 g/mol. The number of amides is 2. The van der Waals surface area contributed by atoms with E-state index >= 15 is 0 Å². The molecule has 6 heteroatoms. The average molecular weight is 296 g/mol. The molecule has 0 bridgehead atoms. The first-order valence-electron chi connectivity index (χ1n) is 7.00. The van der Waals surface area contributed by atoms with Crippen LogP contribution in [0.4, 0.5) is 9.80 Å². The number of carbonyl (C=O) groups excluding carboxylic acids is 1. The summed E-state index contributed by atoms with van der Waals surface area (Å²) in [4.78, 5) is 23.0. The van der Waals surface area contributed by atoms with Gasteiger partial charge >= 0.3 is 12.0 Å². The number of nitrogens with one attached hydrogen (secondary N) is 2. The standard InChI is InChI=1S/C14H20N2O3S/c1-2-9-5-3-4-6-11(9)15-14(19)16-12-10(13(17)18)7-8-20-12/h7-9,11H,2-6H2,1H3,(H,17,18)(H2,15,16,19). The minimum atomic E-state index is -1.02. The van der Waals surface area contributed by atoms with Crippen LogP contribution in [-0.4, -0.2) is 23.1 Å². The fraction of sp³-hybridized carbons (Fsp3) is 0.571. The molecule has 0 aliphatic heterocycles. The molecule has 1 aliphatic carbocycles.